The van der Waals surface area contributed by atoms with Crippen LogP contribution in [0.1, 0.15) is 25.0 Å². The van der Waals surface area contributed by atoms with Crippen LogP contribution in [0.3, 0.4) is 0 Å². The molecule has 1 unspecified atom stereocenters. The third-order valence-corrected chi connectivity index (χ3v) is 2.79. The Balaban J connectivity index is 2.53. The largest absolute Gasteiger partial charge is 0.380 e. The molecule has 4 nitrogen and oxygen atoms in total. The summed E-state index contributed by atoms with van der Waals surface area (Å²) in [7, 11) is 1.66. The van der Waals surface area contributed by atoms with E-state index in [-0.39, 0.29) is 11.8 Å². The maximum atomic E-state index is 11.7. The molecule has 1 aromatic carbocycles. The Kier molecular flexibility index (Phi) is 5.82. The number of rotatable bonds is 6. The molecule has 0 aliphatic carbocycles. The second-order valence-corrected chi connectivity index (χ2v) is 4.74. The summed E-state index contributed by atoms with van der Waals surface area (Å²) in [6.45, 7) is 4.94. The van der Waals surface area contributed by atoms with Gasteiger partial charge < -0.3 is 15.8 Å². The smallest absolute Gasteiger partial charge is 0.237 e. The maximum absolute atomic E-state index is 11.7. The molecule has 4 heteroatoms. The van der Waals surface area contributed by atoms with E-state index in [1.807, 2.05) is 38.1 Å². The molecule has 18 heavy (non-hydrogen) atoms. The van der Waals surface area contributed by atoms with Crippen LogP contribution in [-0.4, -0.2) is 19.1 Å². The van der Waals surface area contributed by atoms with Gasteiger partial charge in [-0.3, -0.25) is 4.79 Å². The van der Waals surface area contributed by atoms with E-state index in [9.17, 15) is 4.79 Å². The standard InChI is InChI=1S/C14H22N2O2/c1-10(2)13(15)14(17)16-8-11-5-4-6-12(7-11)9-18-3/h4-7,10,13H,8-9,15H2,1-3H3,(H,16,17). The van der Waals surface area contributed by atoms with Crippen molar-refractivity contribution < 1.29 is 9.53 Å². The molecule has 0 radical (unpaired) electrons. The van der Waals surface area contributed by atoms with Crippen LogP contribution in [0.25, 0.3) is 0 Å². The molecule has 3 N–H and O–H groups in total. The van der Waals surface area contributed by atoms with Crippen molar-refractivity contribution in [2.24, 2.45) is 11.7 Å². The van der Waals surface area contributed by atoms with Gasteiger partial charge in [-0.05, 0) is 17.0 Å². The second-order valence-electron chi connectivity index (χ2n) is 4.74. The number of methoxy groups -OCH3 is 1. The highest BCUT2D eigenvalue weighted by atomic mass is 16.5. The fourth-order valence-electron chi connectivity index (χ4n) is 1.61. The second kappa shape index (κ2) is 7.13. The molecule has 0 heterocycles. The number of hydrogen-bond acceptors (Lipinski definition) is 3. The van der Waals surface area contributed by atoms with Gasteiger partial charge in [0.15, 0.2) is 0 Å². The Labute approximate surface area is 109 Å². The number of benzene rings is 1. The molecule has 0 spiro atoms. The molecule has 0 aliphatic rings. The number of carbonyl (C=O) groups is 1. The van der Waals surface area contributed by atoms with Crippen LogP contribution in [0, 0.1) is 5.92 Å². The lowest BCUT2D eigenvalue weighted by Crippen LogP contribution is -2.43. The Morgan fingerprint density at radius 1 is 1.39 bits per heavy atom. The van der Waals surface area contributed by atoms with Gasteiger partial charge in [-0.1, -0.05) is 38.1 Å². The summed E-state index contributed by atoms with van der Waals surface area (Å²) in [5.41, 5.74) is 7.91. The normalized spacial score (nSPS) is 12.5. The highest BCUT2D eigenvalue weighted by Crippen LogP contribution is 2.06. The zero-order chi connectivity index (χ0) is 13.5. The minimum absolute atomic E-state index is 0.109. The molecule has 1 amide bonds. The van der Waals surface area contributed by atoms with E-state index in [0.29, 0.717) is 13.2 Å². The first-order valence-electron chi connectivity index (χ1n) is 6.14. The molecule has 0 saturated carbocycles. The van der Waals surface area contributed by atoms with Crippen molar-refractivity contribution in [2.75, 3.05) is 7.11 Å². The van der Waals surface area contributed by atoms with Crippen molar-refractivity contribution in [3.05, 3.63) is 35.4 Å². The summed E-state index contributed by atoms with van der Waals surface area (Å²) >= 11 is 0. The van der Waals surface area contributed by atoms with Gasteiger partial charge in [0.05, 0.1) is 12.6 Å². The maximum Gasteiger partial charge on any atom is 0.237 e. The van der Waals surface area contributed by atoms with Crippen LogP contribution in [0.4, 0.5) is 0 Å². The summed E-state index contributed by atoms with van der Waals surface area (Å²) in [6, 6.07) is 7.49. The van der Waals surface area contributed by atoms with Crippen LogP contribution in [0.2, 0.25) is 0 Å². The highest BCUT2D eigenvalue weighted by Gasteiger charge is 2.16. The van der Waals surface area contributed by atoms with Crippen LogP contribution < -0.4 is 11.1 Å². The lowest BCUT2D eigenvalue weighted by molar-refractivity contribution is -0.123. The average molecular weight is 250 g/mol. The first-order chi connectivity index (χ1) is 8.54. The van der Waals surface area contributed by atoms with Gasteiger partial charge in [-0.2, -0.15) is 0 Å². The molecule has 100 valence electrons. The van der Waals surface area contributed by atoms with E-state index in [0.717, 1.165) is 11.1 Å². The molecule has 0 fully saturated rings. The Hall–Kier alpha value is -1.39. The summed E-state index contributed by atoms with van der Waals surface area (Å²) in [6.07, 6.45) is 0. The molecule has 1 rings (SSSR count). The topological polar surface area (TPSA) is 64.3 Å². The van der Waals surface area contributed by atoms with Gasteiger partial charge in [-0.25, -0.2) is 0 Å². The van der Waals surface area contributed by atoms with E-state index in [1.165, 1.54) is 0 Å². The Morgan fingerprint density at radius 3 is 2.67 bits per heavy atom. The summed E-state index contributed by atoms with van der Waals surface area (Å²) in [5, 5.41) is 2.84. The van der Waals surface area contributed by atoms with Gasteiger partial charge in [0.25, 0.3) is 0 Å². The number of amides is 1. The number of ether oxygens (including phenoxy) is 1. The summed E-state index contributed by atoms with van der Waals surface area (Å²) in [5.74, 6) is 0.0342. The molecular formula is C14H22N2O2. The van der Waals surface area contributed by atoms with Gasteiger partial charge in [0, 0.05) is 13.7 Å². The van der Waals surface area contributed by atoms with Crippen LogP contribution in [-0.2, 0) is 22.7 Å². The zero-order valence-corrected chi connectivity index (χ0v) is 11.3. The third kappa shape index (κ3) is 4.47. The van der Waals surface area contributed by atoms with Crippen LogP contribution in [0.5, 0.6) is 0 Å². The molecular weight excluding hydrogens is 228 g/mol. The fourth-order valence-corrected chi connectivity index (χ4v) is 1.61. The quantitative estimate of drug-likeness (QED) is 0.803. The average Bonchev–Trinajstić information content (AvgIpc) is 2.36. The number of nitrogens with two attached hydrogens (primary N) is 1. The van der Waals surface area contributed by atoms with Crippen LogP contribution >= 0.6 is 0 Å². The molecule has 1 aromatic rings. The van der Waals surface area contributed by atoms with Gasteiger partial charge in [0.2, 0.25) is 5.91 Å². The predicted octanol–water partition coefficient (Wildman–Crippen LogP) is 1.43. The zero-order valence-electron chi connectivity index (χ0n) is 11.3. The molecule has 0 aromatic heterocycles. The predicted molar refractivity (Wildman–Crippen MR) is 71.8 cm³/mol. The molecule has 0 aliphatic heterocycles. The van der Waals surface area contributed by atoms with E-state index < -0.39 is 6.04 Å². The van der Waals surface area contributed by atoms with E-state index in [2.05, 4.69) is 5.32 Å². The van der Waals surface area contributed by atoms with Gasteiger partial charge in [0.1, 0.15) is 0 Å². The van der Waals surface area contributed by atoms with Gasteiger partial charge >= 0.3 is 0 Å². The number of hydrogen-bond donors (Lipinski definition) is 2. The Bertz CT molecular complexity index is 391. The van der Waals surface area contributed by atoms with E-state index in [4.69, 9.17) is 10.5 Å². The lowest BCUT2D eigenvalue weighted by Gasteiger charge is -2.15. The fraction of sp³-hybridized carbons (Fsp3) is 0.500. The molecule has 0 bridgehead atoms. The van der Waals surface area contributed by atoms with Crippen molar-refractivity contribution in [1.29, 1.82) is 0 Å². The van der Waals surface area contributed by atoms with E-state index in [1.54, 1.807) is 7.11 Å². The number of nitrogens with one attached hydrogen (secondary N) is 1. The summed E-state index contributed by atoms with van der Waals surface area (Å²) in [4.78, 5) is 11.7. The van der Waals surface area contributed by atoms with Crippen molar-refractivity contribution in [3.63, 3.8) is 0 Å². The first kappa shape index (κ1) is 14.7. The van der Waals surface area contributed by atoms with Crippen molar-refractivity contribution in [3.8, 4) is 0 Å². The number of carbonyl (C=O) groups excluding carboxylic acids is 1. The Morgan fingerprint density at radius 2 is 2.06 bits per heavy atom. The molecule has 1 atom stereocenters. The van der Waals surface area contributed by atoms with Crippen molar-refractivity contribution >= 4 is 5.91 Å². The SMILES string of the molecule is COCc1cccc(CNC(=O)C(N)C(C)C)c1. The van der Waals surface area contributed by atoms with Crippen LogP contribution in [0.15, 0.2) is 24.3 Å². The highest BCUT2D eigenvalue weighted by molar-refractivity contribution is 5.81. The third-order valence-electron chi connectivity index (χ3n) is 2.79. The van der Waals surface area contributed by atoms with Crippen molar-refractivity contribution in [1.82, 2.24) is 5.32 Å². The van der Waals surface area contributed by atoms with E-state index >= 15 is 0 Å². The first-order valence-corrected chi connectivity index (χ1v) is 6.14. The molecule has 0 saturated heterocycles. The minimum atomic E-state index is -0.452. The van der Waals surface area contributed by atoms with Crippen molar-refractivity contribution in [2.45, 2.75) is 33.0 Å². The monoisotopic (exact) mass is 250 g/mol. The lowest BCUT2D eigenvalue weighted by atomic mass is 10.0. The summed E-state index contributed by atoms with van der Waals surface area (Å²) < 4.78 is 5.07. The minimum Gasteiger partial charge on any atom is -0.380 e. The van der Waals surface area contributed by atoms with Gasteiger partial charge in [-0.15, -0.1) is 0 Å².